The molecular formula is C24H22N4O3. The van der Waals surface area contributed by atoms with Gasteiger partial charge in [-0.2, -0.15) is 0 Å². The molecule has 2 aliphatic rings. The Labute approximate surface area is 179 Å². The summed E-state index contributed by atoms with van der Waals surface area (Å²) in [5, 5.41) is 4.28. The zero-order chi connectivity index (χ0) is 21.8. The van der Waals surface area contributed by atoms with E-state index in [-0.39, 0.29) is 17.7 Å². The van der Waals surface area contributed by atoms with Crippen molar-refractivity contribution >= 4 is 40.8 Å². The van der Waals surface area contributed by atoms with Gasteiger partial charge in [0.25, 0.3) is 5.91 Å². The monoisotopic (exact) mass is 414 g/mol. The van der Waals surface area contributed by atoms with E-state index in [0.717, 1.165) is 28.6 Å². The van der Waals surface area contributed by atoms with Gasteiger partial charge in [-0.15, -0.1) is 0 Å². The van der Waals surface area contributed by atoms with Crippen molar-refractivity contribution in [1.29, 1.82) is 0 Å². The van der Waals surface area contributed by atoms with Crippen molar-refractivity contribution in [3.8, 4) is 0 Å². The molecule has 3 N–H and O–H groups in total. The van der Waals surface area contributed by atoms with Crippen LogP contribution in [0.1, 0.15) is 40.4 Å². The molecule has 7 nitrogen and oxygen atoms in total. The molecule has 0 bridgehead atoms. The number of nitrogens with one attached hydrogen (secondary N) is 1. The Balaban J connectivity index is 0.000000177. The number of Topliss-reactive ketones (excluding diaryl/α,β-unsaturated/α-hetero) is 1. The zero-order valence-corrected chi connectivity index (χ0v) is 16.8. The number of carbonyl (C=O) groups is 3. The third-order valence-electron chi connectivity index (χ3n) is 5.59. The first kappa shape index (κ1) is 20.6. The number of aliphatic imine (C=N–C) groups is 1. The third-order valence-corrected chi connectivity index (χ3v) is 5.59. The van der Waals surface area contributed by atoms with Gasteiger partial charge in [-0.05, 0) is 37.1 Å². The lowest BCUT2D eigenvalue weighted by Crippen LogP contribution is -2.43. The number of nitrogens with two attached hydrogens (primary N) is 1. The van der Waals surface area contributed by atoms with E-state index in [0.29, 0.717) is 36.4 Å². The number of hydrogen-bond acceptors (Lipinski definition) is 6. The number of amides is 1. The van der Waals surface area contributed by atoms with Crippen LogP contribution in [0.4, 0.5) is 5.69 Å². The number of para-hydroxylation sites is 1. The average Bonchev–Trinajstić information content (AvgIpc) is 3.21. The summed E-state index contributed by atoms with van der Waals surface area (Å²) in [6, 6.07) is 17.1. The molecule has 7 heteroatoms. The van der Waals surface area contributed by atoms with Crippen LogP contribution < -0.4 is 11.1 Å². The number of carbonyl (C=O) groups excluding carboxylic acids is 3. The molecule has 0 radical (unpaired) electrons. The molecular weight excluding hydrogens is 392 g/mol. The predicted octanol–water partition coefficient (Wildman–Crippen LogP) is 2.68. The number of nitrogen functional groups attached to an aromatic ring is 1. The molecule has 2 aromatic carbocycles. The first-order valence-corrected chi connectivity index (χ1v) is 10.1. The number of aldehydes is 1. The minimum atomic E-state index is -0.352. The van der Waals surface area contributed by atoms with Crippen molar-refractivity contribution in [3.63, 3.8) is 0 Å². The number of pyridine rings is 1. The maximum Gasteiger partial charge on any atom is 0.277 e. The molecule has 1 fully saturated rings. The highest BCUT2D eigenvalue weighted by Gasteiger charge is 2.26. The first-order valence-electron chi connectivity index (χ1n) is 10.1. The van der Waals surface area contributed by atoms with E-state index >= 15 is 0 Å². The van der Waals surface area contributed by atoms with Gasteiger partial charge in [0.2, 0.25) is 5.78 Å². The molecule has 0 spiro atoms. The smallest absolute Gasteiger partial charge is 0.277 e. The van der Waals surface area contributed by atoms with Crippen LogP contribution in [-0.2, 0) is 9.59 Å². The van der Waals surface area contributed by atoms with Gasteiger partial charge in [-0.1, -0.05) is 30.3 Å². The van der Waals surface area contributed by atoms with Gasteiger partial charge >= 0.3 is 0 Å². The van der Waals surface area contributed by atoms with Gasteiger partial charge in [0.15, 0.2) is 6.29 Å². The summed E-state index contributed by atoms with van der Waals surface area (Å²) in [5.74, 6) is -0.252. The van der Waals surface area contributed by atoms with E-state index in [2.05, 4.69) is 22.4 Å². The van der Waals surface area contributed by atoms with E-state index in [1.54, 1.807) is 18.2 Å². The van der Waals surface area contributed by atoms with Crippen molar-refractivity contribution < 1.29 is 14.4 Å². The second-order valence-corrected chi connectivity index (χ2v) is 7.56. The number of benzene rings is 2. The fourth-order valence-electron chi connectivity index (χ4n) is 3.85. The summed E-state index contributed by atoms with van der Waals surface area (Å²) in [6.45, 7) is 0.690. The van der Waals surface area contributed by atoms with E-state index in [9.17, 15) is 14.4 Å². The van der Waals surface area contributed by atoms with Crippen molar-refractivity contribution in [3.05, 3.63) is 71.4 Å². The fraction of sp³-hybridized carbons (Fsp3) is 0.208. The Hall–Kier alpha value is -3.71. The van der Waals surface area contributed by atoms with E-state index < -0.39 is 0 Å². The van der Waals surface area contributed by atoms with Crippen LogP contribution in [0, 0.1) is 0 Å². The molecule has 5 rings (SSSR count). The van der Waals surface area contributed by atoms with Gasteiger partial charge in [0, 0.05) is 41.0 Å². The van der Waals surface area contributed by atoms with Crippen molar-refractivity contribution in [1.82, 2.24) is 10.3 Å². The topological polar surface area (TPSA) is 115 Å². The summed E-state index contributed by atoms with van der Waals surface area (Å²) in [5.41, 5.74) is 9.59. The van der Waals surface area contributed by atoms with Crippen molar-refractivity contribution in [2.24, 2.45) is 4.99 Å². The Kier molecular flexibility index (Phi) is 5.95. The quantitative estimate of drug-likeness (QED) is 0.387. The average molecular weight is 414 g/mol. The Morgan fingerprint density at radius 3 is 2.65 bits per heavy atom. The number of hydrogen-bond donors (Lipinski definition) is 2. The van der Waals surface area contributed by atoms with Gasteiger partial charge in [0.05, 0.1) is 17.1 Å². The lowest BCUT2D eigenvalue weighted by Gasteiger charge is -2.27. The van der Waals surface area contributed by atoms with Crippen molar-refractivity contribution in [2.45, 2.75) is 24.8 Å². The highest BCUT2D eigenvalue weighted by atomic mass is 16.2. The van der Waals surface area contributed by atoms with Crippen LogP contribution in [-0.4, -0.2) is 41.8 Å². The van der Waals surface area contributed by atoms with Crippen LogP contribution in [0.5, 0.6) is 0 Å². The Morgan fingerprint density at radius 1 is 1.06 bits per heavy atom. The lowest BCUT2D eigenvalue weighted by atomic mass is 9.90. The number of piperidine rings is 1. The Bertz CT molecular complexity index is 1180. The van der Waals surface area contributed by atoms with E-state index in [4.69, 9.17) is 10.7 Å². The van der Waals surface area contributed by atoms with Crippen LogP contribution in [0.25, 0.3) is 10.9 Å². The first-order chi connectivity index (χ1) is 15.1. The van der Waals surface area contributed by atoms with E-state index in [1.165, 1.54) is 6.21 Å². The maximum absolute atomic E-state index is 11.3. The maximum atomic E-state index is 11.3. The van der Waals surface area contributed by atoms with Crippen LogP contribution in [0.2, 0.25) is 0 Å². The molecule has 3 aromatic rings. The number of aromatic nitrogens is 1. The molecule has 3 heterocycles. The molecule has 2 unspecified atom stereocenters. The predicted molar refractivity (Wildman–Crippen MR) is 119 cm³/mol. The number of anilines is 1. The van der Waals surface area contributed by atoms with Crippen molar-refractivity contribution in [2.75, 3.05) is 12.3 Å². The minimum Gasteiger partial charge on any atom is -0.398 e. The minimum absolute atomic E-state index is 0.202. The molecule has 1 aromatic heterocycles. The number of nitrogens with zero attached hydrogens (tertiary/aromatic N) is 2. The molecule has 0 aliphatic carbocycles. The van der Waals surface area contributed by atoms with Gasteiger partial charge in [-0.3, -0.25) is 19.4 Å². The van der Waals surface area contributed by atoms with Gasteiger partial charge in [0.1, 0.15) is 0 Å². The van der Waals surface area contributed by atoms with Crippen LogP contribution >= 0.6 is 0 Å². The highest BCUT2D eigenvalue weighted by molar-refractivity contribution is 6.27. The van der Waals surface area contributed by atoms with Crippen LogP contribution in [0.3, 0.4) is 0 Å². The summed E-state index contributed by atoms with van der Waals surface area (Å²) in [6.07, 6.45) is 3.48. The third kappa shape index (κ3) is 4.41. The van der Waals surface area contributed by atoms with Gasteiger partial charge in [-0.25, -0.2) is 4.99 Å². The second-order valence-electron chi connectivity index (χ2n) is 7.56. The Morgan fingerprint density at radius 2 is 1.90 bits per heavy atom. The second kappa shape index (κ2) is 8.97. The molecule has 2 aliphatic heterocycles. The normalized spacial score (nSPS) is 19.4. The standard InChI is InChI=1S/C16H16N2O2.C8H6N2O/c19-10-16(20)15-8-6-12(9-17-15)14-7-5-11-3-1-2-4-13(11)18-14;9-7-3-1-2-5-6(7)4-10-8(5)11/h1-5,7,10,12,15,17H,6,8-9H2;1-4H,9H2. The zero-order valence-electron chi connectivity index (χ0n) is 16.8. The summed E-state index contributed by atoms with van der Waals surface area (Å²) in [7, 11) is 0. The molecule has 1 amide bonds. The number of fused-ring (bicyclic) bond motifs is 2. The molecule has 156 valence electrons. The molecule has 31 heavy (non-hydrogen) atoms. The SMILES string of the molecule is Nc1cccc2c1C=NC2=O.O=CC(=O)C1CCC(c2ccc3ccccc3n2)CN1. The largest absolute Gasteiger partial charge is 0.398 e. The molecule has 1 saturated heterocycles. The van der Waals surface area contributed by atoms with E-state index in [1.807, 2.05) is 24.3 Å². The number of ketones is 1. The summed E-state index contributed by atoms with van der Waals surface area (Å²) in [4.78, 5) is 41.1. The fourth-order valence-corrected chi connectivity index (χ4v) is 3.85. The molecule has 0 saturated carbocycles. The highest BCUT2D eigenvalue weighted by Crippen LogP contribution is 2.25. The lowest BCUT2D eigenvalue weighted by molar-refractivity contribution is -0.131. The van der Waals surface area contributed by atoms with Gasteiger partial charge < -0.3 is 11.1 Å². The summed E-state index contributed by atoms with van der Waals surface area (Å²) < 4.78 is 0. The molecule has 2 atom stereocenters. The van der Waals surface area contributed by atoms with Crippen LogP contribution in [0.15, 0.2) is 59.6 Å². The number of rotatable bonds is 3. The summed E-state index contributed by atoms with van der Waals surface area (Å²) >= 11 is 0.